The zero-order valence-electron chi connectivity index (χ0n) is 13.3. The number of amides is 1. The number of thioether (sulfide) groups is 1. The van der Waals surface area contributed by atoms with Crippen molar-refractivity contribution in [3.63, 3.8) is 0 Å². The topological polar surface area (TPSA) is 62.1 Å². The molecule has 0 aliphatic carbocycles. The molecule has 6 heteroatoms. The van der Waals surface area contributed by atoms with E-state index in [1.165, 1.54) is 16.7 Å². The lowest BCUT2D eigenvalue weighted by atomic mass is 10.2. The molecule has 0 atom stereocenters. The van der Waals surface area contributed by atoms with Gasteiger partial charge in [-0.25, -0.2) is 4.99 Å². The number of methoxy groups -OCH3 is 1. The molecule has 0 unspecified atom stereocenters. The van der Waals surface area contributed by atoms with Gasteiger partial charge in [-0.2, -0.15) is 0 Å². The third kappa shape index (κ3) is 3.28. The summed E-state index contributed by atoms with van der Waals surface area (Å²) >= 11 is 1.29. The zero-order valence-corrected chi connectivity index (χ0v) is 14.1. The van der Waals surface area contributed by atoms with Crippen molar-refractivity contribution in [2.75, 3.05) is 14.2 Å². The molecular formula is C18H16N2O3S. The zero-order chi connectivity index (χ0) is 17.1. The molecule has 1 aliphatic rings. The minimum absolute atomic E-state index is 0.121. The number of ether oxygens (including phenoxy) is 1. The van der Waals surface area contributed by atoms with Crippen molar-refractivity contribution < 1.29 is 14.6 Å². The largest absolute Gasteiger partial charge is 0.508 e. The summed E-state index contributed by atoms with van der Waals surface area (Å²) in [6, 6.07) is 14.1. The molecule has 1 N–H and O–H groups in total. The van der Waals surface area contributed by atoms with E-state index in [4.69, 9.17) is 4.74 Å². The first-order valence-corrected chi connectivity index (χ1v) is 8.08. The van der Waals surface area contributed by atoms with Crippen LogP contribution in [0.25, 0.3) is 6.08 Å². The van der Waals surface area contributed by atoms with Gasteiger partial charge in [0.1, 0.15) is 11.5 Å². The van der Waals surface area contributed by atoms with Crippen molar-refractivity contribution in [2.24, 2.45) is 4.99 Å². The summed E-state index contributed by atoms with van der Waals surface area (Å²) in [7, 11) is 3.28. The Hall–Kier alpha value is -2.73. The van der Waals surface area contributed by atoms with Crippen LogP contribution in [0.2, 0.25) is 0 Å². The number of nitrogens with zero attached hydrogens (tertiary/aromatic N) is 2. The SMILES string of the molecule is COc1ccccc1/C=C1\SC(=Nc2cccc(O)c2)N(C)C1=O. The fourth-order valence-electron chi connectivity index (χ4n) is 2.25. The second kappa shape index (κ2) is 6.80. The van der Waals surface area contributed by atoms with Crippen LogP contribution in [0.5, 0.6) is 11.5 Å². The Morgan fingerprint density at radius 3 is 2.75 bits per heavy atom. The van der Waals surface area contributed by atoms with Crippen molar-refractivity contribution in [1.82, 2.24) is 4.90 Å². The Labute approximate surface area is 144 Å². The van der Waals surface area contributed by atoms with Gasteiger partial charge in [0.05, 0.1) is 17.7 Å². The molecule has 2 aromatic rings. The fraction of sp³-hybridized carbons (Fsp3) is 0.111. The Kier molecular flexibility index (Phi) is 4.57. The molecule has 0 bridgehead atoms. The Morgan fingerprint density at radius 1 is 1.21 bits per heavy atom. The van der Waals surface area contributed by atoms with E-state index in [2.05, 4.69) is 4.99 Å². The van der Waals surface area contributed by atoms with E-state index in [0.717, 1.165) is 5.56 Å². The average molecular weight is 340 g/mol. The van der Waals surface area contributed by atoms with E-state index in [0.29, 0.717) is 21.5 Å². The molecule has 1 aliphatic heterocycles. The Balaban J connectivity index is 1.93. The molecular weight excluding hydrogens is 324 g/mol. The summed E-state index contributed by atoms with van der Waals surface area (Å²) in [5.41, 5.74) is 1.43. The first kappa shape index (κ1) is 16.1. The monoisotopic (exact) mass is 340 g/mol. The van der Waals surface area contributed by atoms with Crippen molar-refractivity contribution in [2.45, 2.75) is 0 Å². The van der Waals surface area contributed by atoms with Crippen LogP contribution in [-0.4, -0.2) is 35.2 Å². The quantitative estimate of drug-likeness (QED) is 0.867. The number of hydrogen-bond donors (Lipinski definition) is 1. The van der Waals surface area contributed by atoms with E-state index in [-0.39, 0.29) is 11.7 Å². The first-order valence-electron chi connectivity index (χ1n) is 7.27. The summed E-state index contributed by atoms with van der Waals surface area (Å²) in [5, 5.41) is 10.1. The van der Waals surface area contributed by atoms with E-state index in [9.17, 15) is 9.90 Å². The molecule has 1 fully saturated rings. The number of benzene rings is 2. The number of rotatable bonds is 3. The fourth-order valence-corrected chi connectivity index (χ4v) is 3.23. The molecule has 0 aromatic heterocycles. The number of phenolic OH excluding ortho intramolecular Hbond substituents is 1. The van der Waals surface area contributed by atoms with Gasteiger partial charge in [-0.05, 0) is 36.0 Å². The second-order valence-corrected chi connectivity index (χ2v) is 6.14. The van der Waals surface area contributed by atoms with Crippen LogP contribution in [0.4, 0.5) is 5.69 Å². The molecule has 0 radical (unpaired) electrons. The van der Waals surface area contributed by atoms with Crippen LogP contribution in [0.3, 0.4) is 0 Å². The summed E-state index contributed by atoms with van der Waals surface area (Å²) in [6.07, 6.45) is 1.80. The lowest BCUT2D eigenvalue weighted by molar-refractivity contribution is -0.121. The molecule has 1 heterocycles. The molecule has 0 spiro atoms. The molecule has 0 saturated carbocycles. The number of carbonyl (C=O) groups is 1. The van der Waals surface area contributed by atoms with Gasteiger partial charge in [0.25, 0.3) is 5.91 Å². The highest BCUT2D eigenvalue weighted by atomic mass is 32.2. The van der Waals surface area contributed by atoms with Gasteiger partial charge in [-0.1, -0.05) is 24.3 Å². The van der Waals surface area contributed by atoms with Gasteiger partial charge < -0.3 is 9.84 Å². The number of para-hydroxylation sites is 1. The van der Waals surface area contributed by atoms with Gasteiger partial charge in [-0.3, -0.25) is 9.69 Å². The summed E-state index contributed by atoms with van der Waals surface area (Å²) in [4.78, 5) is 18.9. The summed E-state index contributed by atoms with van der Waals surface area (Å²) in [6.45, 7) is 0. The maximum atomic E-state index is 12.4. The van der Waals surface area contributed by atoms with Gasteiger partial charge in [0.2, 0.25) is 0 Å². The Bertz CT molecular complexity index is 846. The Morgan fingerprint density at radius 2 is 2.00 bits per heavy atom. The molecule has 1 saturated heterocycles. The minimum Gasteiger partial charge on any atom is -0.508 e. The highest BCUT2D eigenvalue weighted by Crippen LogP contribution is 2.34. The number of hydrogen-bond acceptors (Lipinski definition) is 5. The van der Waals surface area contributed by atoms with Gasteiger partial charge >= 0.3 is 0 Å². The van der Waals surface area contributed by atoms with Crippen molar-refractivity contribution in [3.8, 4) is 11.5 Å². The lowest BCUT2D eigenvalue weighted by Crippen LogP contribution is -2.23. The lowest BCUT2D eigenvalue weighted by Gasteiger charge is -2.07. The number of likely N-dealkylation sites (N-methyl/N-ethyl adjacent to an activating group) is 1. The smallest absolute Gasteiger partial charge is 0.266 e. The minimum atomic E-state index is -0.121. The van der Waals surface area contributed by atoms with Crippen molar-refractivity contribution in [3.05, 3.63) is 59.0 Å². The highest BCUT2D eigenvalue weighted by Gasteiger charge is 2.30. The van der Waals surface area contributed by atoms with Gasteiger partial charge in [0.15, 0.2) is 5.17 Å². The van der Waals surface area contributed by atoms with Crippen LogP contribution in [0, 0.1) is 0 Å². The number of phenols is 1. The standard InChI is InChI=1S/C18H16N2O3S/c1-20-17(22)16(10-12-6-3-4-9-15(12)23-2)24-18(20)19-13-7-5-8-14(21)11-13/h3-11,21H,1-2H3/b16-10-,19-18?. The molecule has 1 amide bonds. The van der Waals surface area contributed by atoms with E-state index >= 15 is 0 Å². The number of carbonyl (C=O) groups excluding carboxylic acids is 1. The molecule has 3 rings (SSSR count). The normalized spacial score (nSPS) is 17.8. The number of amidine groups is 1. The number of aromatic hydroxyl groups is 1. The second-order valence-electron chi connectivity index (χ2n) is 5.13. The maximum absolute atomic E-state index is 12.4. The van der Waals surface area contributed by atoms with Crippen molar-refractivity contribution in [1.29, 1.82) is 0 Å². The molecule has 5 nitrogen and oxygen atoms in total. The predicted octanol–water partition coefficient (Wildman–Crippen LogP) is 3.63. The molecule has 2 aromatic carbocycles. The first-order chi connectivity index (χ1) is 11.6. The van der Waals surface area contributed by atoms with Crippen LogP contribution >= 0.6 is 11.8 Å². The van der Waals surface area contributed by atoms with Gasteiger partial charge in [-0.15, -0.1) is 0 Å². The van der Waals surface area contributed by atoms with E-state index in [1.54, 1.807) is 44.5 Å². The van der Waals surface area contributed by atoms with Crippen LogP contribution in [-0.2, 0) is 4.79 Å². The third-order valence-electron chi connectivity index (χ3n) is 3.48. The van der Waals surface area contributed by atoms with Gasteiger partial charge in [0, 0.05) is 18.7 Å². The van der Waals surface area contributed by atoms with E-state index in [1.807, 2.05) is 24.3 Å². The average Bonchev–Trinajstić information content (AvgIpc) is 2.83. The number of aliphatic imine (C=N–C) groups is 1. The maximum Gasteiger partial charge on any atom is 0.266 e. The van der Waals surface area contributed by atoms with Crippen LogP contribution < -0.4 is 4.74 Å². The molecule has 24 heavy (non-hydrogen) atoms. The summed E-state index contributed by atoms with van der Waals surface area (Å²) < 4.78 is 5.32. The van der Waals surface area contributed by atoms with Crippen LogP contribution in [0.1, 0.15) is 5.56 Å². The highest BCUT2D eigenvalue weighted by molar-refractivity contribution is 8.18. The third-order valence-corrected chi connectivity index (χ3v) is 4.54. The predicted molar refractivity (Wildman–Crippen MR) is 96.5 cm³/mol. The van der Waals surface area contributed by atoms with Crippen molar-refractivity contribution >= 4 is 34.6 Å². The van der Waals surface area contributed by atoms with Crippen LogP contribution in [0.15, 0.2) is 58.4 Å². The van der Waals surface area contributed by atoms with E-state index < -0.39 is 0 Å². The summed E-state index contributed by atoms with van der Waals surface area (Å²) in [5.74, 6) is 0.725. The molecule has 122 valence electrons.